The van der Waals surface area contributed by atoms with Crippen molar-refractivity contribution in [3.63, 3.8) is 0 Å². The molecule has 0 aromatic carbocycles. The lowest BCUT2D eigenvalue weighted by molar-refractivity contribution is 0.103. The highest BCUT2D eigenvalue weighted by molar-refractivity contribution is 6.05. The minimum Gasteiger partial charge on any atom is -0.288 e. The van der Waals surface area contributed by atoms with Crippen LogP contribution in [0.5, 0.6) is 0 Å². The Morgan fingerprint density at radius 1 is 1.50 bits per heavy atom. The molecule has 18 heavy (non-hydrogen) atoms. The van der Waals surface area contributed by atoms with E-state index < -0.39 is 0 Å². The molecule has 2 heterocycles. The zero-order valence-corrected chi connectivity index (χ0v) is 10.8. The fourth-order valence-electron chi connectivity index (χ4n) is 1.83. The Hall–Kier alpha value is -2.17. The van der Waals surface area contributed by atoms with Gasteiger partial charge in [-0.1, -0.05) is 0 Å². The molecule has 0 aliphatic rings. The number of carbonyl (C=O) groups is 1. The molecule has 0 amide bonds. The van der Waals surface area contributed by atoms with Gasteiger partial charge in [0.15, 0.2) is 0 Å². The number of ketones is 1. The average Bonchev–Trinajstić information content (AvgIpc) is 2.92. The van der Waals surface area contributed by atoms with Crippen LogP contribution < -0.4 is 0 Å². The first-order valence-corrected chi connectivity index (χ1v) is 5.86. The van der Waals surface area contributed by atoms with Crippen LogP contribution >= 0.6 is 0 Å². The molecule has 0 radical (unpaired) electrons. The number of carbonyl (C=O) groups excluding carboxylic acids is 1. The van der Waals surface area contributed by atoms with Crippen molar-refractivity contribution >= 4 is 11.9 Å². The maximum absolute atomic E-state index is 12.0. The van der Waals surface area contributed by atoms with Crippen molar-refractivity contribution in [3.05, 3.63) is 41.5 Å². The van der Waals surface area contributed by atoms with Gasteiger partial charge in [-0.3, -0.25) is 14.2 Å². The van der Waals surface area contributed by atoms with Crippen LogP contribution in [0.3, 0.4) is 0 Å². The number of nitrogens with zero attached hydrogens (tertiary/aromatic N) is 4. The van der Waals surface area contributed by atoms with Crippen molar-refractivity contribution in [2.75, 3.05) is 0 Å². The molecule has 0 saturated carbocycles. The lowest BCUT2D eigenvalue weighted by Gasteiger charge is -1.99. The van der Waals surface area contributed by atoms with E-state index in [-0.39, 0.29) is 5.78 Å². The van der Waals surface area contributed by atoms with E-state index in [1.54, 1.807) is 33.8 Å². The van der Waals surface area contributed by atoms with Crippen molar-refractivity contribution in [2.45, 2.75) is 20.4 Å². The molecule has 0 unspecified atom stereocenters. The number of hydrogen-bond acceptors (Lipinski definition) is 3. The molecule has 0 atom stereocenters. The zero-order valence-electron chi connectivity index (χ0n) is 10.8. The second kappa shape index (κ2) is 5.00. The smallest absolute Gasteiger partial charge is 0.203 e. The lowest BCUT2D eigenvalue weighted by Crippen LogP contribution is -2.07. The van der Waals surface area contributed by atoms with Crippen molar-refractivity contribution in [1.29, 1.82) is 0 Å². The van der Waals surface area contributed by atoms with Gasteiger partial charge >= 0.3 is 0 Å². The van der Waals surface area contributed by atoms with E-state index in [0.29, 0.717) is 12.2 Å². The molecule has 5 nitrogen and oxygen atoms in total. The van der Waals surface area contributed by atoms with Gasteiger partial charge in [-0.25, -0.2) is 0 Å². The first-order valence-electron chi connectivity index (χ1n) is 5.86. The lowest BCUT2D eigenvalue weighted by atomic mass is 10.2. The van der Waals surface area contributed by atoms with Crippen LogP contribution in [0.15, 0.2) is 24.5 Å². The standard InChI is InChI=1S/C13H16N4O/c1-4-17-12(7-8-14-17)13(18)6-5-11-9-16(3)15-10(11)2/h5-9H,4H2,1-3H3/b6-5+. The van der Waals surface area contributed by atoms with Crippen LogP contribution in [-0.4, -0.2) is 25.3 Å². The van der Waals surface area contributed by atoms with Gasteiger partial charge in [-0.2, -0.15) is 10.2 Å². The molecule has 2 aromatic rings. The molecule has 0 aliphatic carbocycles. The zero-order chi connectivity index (χ0) is 13.1. The van der Waals surface area contributed by atoms with Crippen LogP contribution in [0, 0.1) is 6.92 Å². The van der Waals surface area contributed by atoms with Crippen LogP contribution in [0.1, 0.15) is 28.7 Å². The van der Waals surface area contributed by atoms with E-state index in [0.717, 1.165) is 11.3 Å². The fourth-order valence-corrected chi connectivity index (χ4v) is 1.83. The van der Waals surface area contributed by atoms with Crippen LogP contribution in [-0.2, 0) is 13.6 Å². The molecule has 0 aliphatic heterocycles. The van der Waals surface area contributed by atoms with Gasteiger partial charge in [0.1, 0.15) is 5.69 Å². The highest BCUT2D eigenvalue weighted by Crippen LogP contribution is 2.08. The number of allylic oxidation sites excluding steroid dienone is 1. The Kier molecular flexibility index (Phi) is 3.41. The van der Waals surface area contributed by atoms with Crippen molar-refractivity contribution in [2.24, 2.45) is 7.05 Å². The van der Waals surface area contributed by atoms with Crippen LogP contribution in [0.2, 0.25) is 0 Å². The van der Waals surface area contributed by atoms with E-state index in [9.17, 15) is 4.79 Å². The van der Waals surface area contributed by atoms with E-state index in [2.05, 4.69) is 10.2 Å². The number of aromatic nitrogens is 4. The molecular weight excluding hydrogens is 228 g/mol. The summed E-state index contributed by atoms with van der Waals surface area (Å²) in [5.74, 6) is -0.0439. The van der Waals surface area contributed by atoms with Crippen molar-refractivity contribution in [1.82, 2.24) is 19.6 Å². The highest BCUT2D eigenvalue weighted by atomic mass is 16.1. The predicted octanol–water partition coefficient (Wildman–Crippen LogP) is 1.84. The minimum atomic E-state index is -0.0439. The molecule has 2 aromatic heterocycles. The van der Waals surface area contributed by atoms with Crippen molar-refractivity contribution < 1.29 is 4.79 Å². The van der Waals surface area contributed by atoms with Gasteiger partial charge in [0, 0.05) is 31.5 Å². The van der Waals surface area contributed by atoms with Crippen LogP contribution in [0.25, 0.3) is 6.08 Å². The van der Waals surface area contributed by atoms with Gasteiger partial charge in [-0.05, 0) is 32.1 Å². The van der Waals surface area contributed by atoms with Gasteiger partial charge in [-0.15, -0.1) is 0 Å². The second-order valence-corrected chi connectivity index (χ2v) is 4.07. The quantitative estimate of drug-likeness (QED) is 0.609. The normalized spacial score (nSPS) is 11.3. The first-order chi connectivity index (χ1) is 8.61. The summed E-state index contributed by atoms with van der Waals surface area (Å²) in [5, 5.41) is 8.30. The van der Waals surface area contributed by atoms with E-state index in [4.69, 9.17) is 0 Å². The van der Waals surface area contributed by atoms with E-state index >= 15 is 0 Å². The summed E-state index contributed by atoms with van der Waals surface area (Å²) in [4.78, 5) is 12.0. The van der Waals surface area contributed by atoms with Gasteiger partial charge in [0.2, 0.25) is 5.78 Å². The Bertz CT molecular complexity index is 592. The summed E-state index contributed by atoms with van der Waals surface area (Å²) in [5.41, 5.74) is 2.47. The Morgan fingerprint density at radius 3 is 2.89 bits per heavy atom. The molecule has 0 bridgehead atoms. The van der Waals surface area contributed by atoms with Crippen molar-refractivity contribution in [3.8, 4) is 0 Å². The number of rotatable bonds is 4. The number of hydrogen-bond donors (Lipinski definition) is 0. The van der Waals surface area contributed by atoms with Gasteiger partial charge < -0.3 is 0 Å². The average molecular weight is 244 g/mol. The first kappa shape index (κ1) is 12.3. The Morgan fingerprint density at radius 2 is 2.28 bits per heavy atom. The maximum Gasteiger partial charge on any atom is 0.203 e. The maximum atomic E-state index is 12.0. The van der Waals surface area contributed by atoms with Crippen LogP contribution in [0.4, 0.5) is 0 Å². The molecule has 0 N–H and O–H groups in total. The predicted molar refractivity (Wildman–Crippen MR) is 69.2 cm³/mol. The summed E-state index contributed by atoms with van der Waals surface area (Å²) < 4.78 is 3.42. The Labute approximate surface area is 106 Å². The molecule has 94 valence electrons. The molecule has 2 rings (SSSR count). The third-order valence-electron chi connectivity index (χ3n) is 2.73. The highest BCUT2D eigenvalue weighted by Gasteiger charge is 2.08. The summed E-state index contributed by atoms with van der Waals surface area (Å²) in [6.07, 6.45) is 6.88. The molecule has 0 fully saturated rings. The summed E-state index contributed by atoms with van der Waals surface area (Å²) in [6, 6.07) is 1.73. The fraction of sp³-hybridized carbons (Fsp3) is 0.308. The number of aryl methyl sites for hydroxylation is 3. The second-order valence-electron chi connectivity index (χ2n) is 4.07. The topological polar surface area (TPSA) is 52.7 Å². The van der Waals surface area contributed by atoms with E-state index in [1.807, 2.05) is 27.1 Å². The third-order valence-corrected chi connectivity index (χ3v) is 2.73. The summed E-state index contributed by atoms with van der Waals surface area (Å²) in [6.45, 7) is 4.56. The SMILES string of the molecule is CCn1nccc1C(=O)/C=C/c1cn(C)nc1C. The minimum absolute atomic E-state index is 0.0439. The molecule has 0 saturated heterocycles. The molecule has 0 spiro atoms. The molecule has 5 heteroatoms. The molecular formula is C13H16N4O. The van der Waals surface area contributed by atoms with Gasteiger partial charge in [0.25, 0.3) is 0 Å². The Balaban J connectivity index is 2.19. The monoisotopic (exact) mass is 244 g/mol. The summed E-state index contributed by atoms with van der Waals surface area (Å²) in [7, 11) is 1.86. The van der Waals surface area contributed by atoms with Gasteiger partial charge in [0.05, 0.1) is 5.69 Å². The largest absolute Gasteiger partial charge is 0.288 e. The summed E-state index contributed by atoms with van der Waals surface area (Å²) >= 11 is 0. The third kappa shape index (κ3) is 2.40. The van der Waals surface area contributed by atoms with E-state index in [1.165, 1.54) is 0 Å².